The summed E-state index contributed by atoms with van der Waals surface area (Å²) >= 11 is 0. The molecule has 0 aromatic rings. The second-order valence-electron chi connectivity index (χ2n) is 4.01. The van der Waals surface area contributed by atoms with Crippen molar-refractivity contribution in [2.24, 2.45) is 5.41 Å². The van der Waals surface area contributed by atoms with E-state index in [1.54, 1.807) is 0 Å². The fourth-order valence-corrected chi connectivity index (χ4v) is 2.01. The lowest BCUT2D eigenvalue weighted by Gasteiger charge is -2.47. The zero-order chi connectivity index (χ0) is 8.41. The van der Waals surface area contributed by atoms with Crippen molar-refractivity contribution < 1.29 is 5.11 Å². The van der Waals surface area contributed by atoms with Gasteiger partial charge in [-0.3, -0.25) is 0 Å². The van der Waals surface area contributed by atoms with E-state index in [-0.39, 0.29) is 5.60 Å². The van der Waals surface area contributed by atoms with E-state index in [9.17, 15) is 5.11 Å². The summed E-state index contributed by atoms with van der Waals surface area (Å²) in [6.45, 7) is 10.3. The van der Waals surface area contributed by atoms with Crippen LogP contribution >= 0.6 is 0 Å². The molecule has 0 spiro atoms. The molecule has 1 aliphatic carbocycles. The van der Waals surface area contributed by atoms with Gasteiger partial charge in [0.25, 0.3) is 0 Å². The van der Waals surface area contributed by atoms with Crippen LogP contribution in [0.25, 0.3) is 0 Å². The third-order valence-electron chi connectivity index (χ3n) is 1.72. The molecule has 0 aromatic heterocycles. The van der Waals surface area contributed by atoms with Gasteiger partial charge in [-0.25, -0.2) is 0 Å². The molecule has 0 aliphatic heterocycles. The van der Waals surface area contributed by atoms with E-state index >= 15 is 0 Å². The maximum absolute atomic E-state index is 9.25. The summed E-state index contributed by atoms with van der Waals surface area (Å²) in [7, 11) is 0. The van der Waals surface area contributed by atoms with Crippen molar-refractivity contribution in [2.75, 3.05) is 0 Å². The first-order valence-electron chi connectivity index (χ1n) is 4.14. The lowest BCUT2D eigenvalue weighted by molar-refractivity contribution is -0.0973. The van der Waals surface area contributed by atoms with E-state index in [0.29, 0.717) is 5.41 Å². The first-order valence-corrected chi connectivity index (χ1v) is 4.14. The fourth-order valence-electron chi connectivity index (χ4n) is 2.01. The number of rotatable bonds is 0. The zero-order valence-electron chi connectivity index (χ0n) is 7.86. The van der Waals surface area contributed by atoms with Crippen LogP contribution in [0.5, 0.6) is 0 Å². The first-order chi connectivity index (χ1) is 4.41. The normalized spacial score (nSPS) is 25.8. The third-order valence-corrected chi connectivity index (χ3v) is 1.72. The molecule has 0 atom stereocenters. The minimum atomic E-state index is -0.344. The average molecular weight is 144 g/mol. The van der Waals surface area contributed by atoms with Gasteiger partial charge in [0.2, 0.25) is 0 Å². The van der Waals surface area contributed by atoms with Gasteiger partial charge in [-0.1, -0.05) is 27.7 Å². The highest BCUT2D eigenvalue weighted by Crippen LogP contribution is 2.47. The minimum Gasteiger partial charge on any atom is -0.390 e. The van der Waals surface area contributed by atoms with Crippen molar-refractivity contribution in [2.45, 2.75) is 53.1 Å². The quantitative estimate of drug-likeness (QED) is 0.554. The average Bonchev–Trinajstić information content (AvgIpc) is 1.63. The molecule has 0 aromatic carbocycles. The van der Waals surface area contributed by atoms with Crippen LogP contribution in [-0.4, -0.2) is 10.7 Å². The van der Waals surface area contributed by atoms with Crippen LogP contribution in [0.4, 0.5) is 0 Å². The van der Waals surface area contributed by atoms with Crippen molar-refractivity contribution in [1.29, 1.82) is 0 Å². The molecule has 1 aliphatic rings. The molecule has 0 amide bonds. The van der Waals surface area contributed by atoms with Crippen LogP contribution < -0.4 is 0 Å². The molecule has 10 heavy (non-hydrogen) atoms. The van der Waals surface area contributed by atoms with Crippen molar-refractivity contribution >= 4 is 0 Å². The van der Waals surface area contributed by atoms with Crippen molar-refractivity contribution in [3.63, 3.8) is 0 Å². The van der Waals surface area contributed by atoms with E-state index in [1.807, 2.05) is 20.8 Å². The van der Waals surface area contributed by atoms with Crippen molar-refractivity contribution in [3.8, 4) is 0 Å². The summed E-state index contributed by atoms with van der Waals surface area (Å²) < 4.78 is 0. The topological polar surface area (TPSA) is 20.2 Å². The van der Waals surface area contributed by atoms with Gasteiger partial charge >= 0.3 is 0 Å². The summed E-state index contributed by atoms with van der Waals surface area (Å²) in [6.07, 6.45) is 1.92. The molecule has 1 saturated carbocycles. The van der Waals surface area contributed by atoms with E-state index in [1.165, 1.54) is 0 Å². The second-order valence-corrected chi connectivity index (χ2v) is 4.01. The predicted molar refractivity (Wildman–Crippen MR) is 45.0 cm³/mol. The van der Waals surface area contributed by atoms with E-state index < -0.39 is 0 Å². The molecule has 0 radical (unpaired) electrons. The van der Waals surface area contributed by atoms with Crippen LogP contribution in [0.3, 0.4) is 0 Å². The Morgan fingerprint density at radius 2 is 1.30 bits per heavy atom. The van der Waals surface area contributed by atoms with Gasteiger partial charge in [0.1, 0.15) is 0 Å². The molecule has 1 rings (SSSR count). The molecule has 1 heteroatoms. The molecule has 1 N–H and O–H groups in total. The Hall–Kier alpha value is -0.0400. The molecular formula is C9H20O. The largest absolute Gasteiger partial charge is 0.390 e. The Bertz CT molecular complexity index is 81.3. The molecule has 0 heterocycles. The predicted octanol–water partition coefficient (Wildman–Crippen LogP) is 2.58. The molecule has 0 unspecified atom stereocenters. The summed E-state index contributed by atoms with van der Waals surface area (Å²) in [5.41, 5.74) is 0.0625. The first kappa shape index (κ1) is 9.96. The molecule has 0 saturated heterocycles. The van der Waals surface area contributed by atoms with E-state index in [4.69, 9.17) is 0 Å². The molecule has 62 valence electrons. The van der Waals surface area contributed by atoms with Gasteiger partial charge in [0, 0.05) is 0 Å². The minimum absolute atomic E-state index is 0.344. The fraction of sp³-hybridized carbons (Fsp3) is 1.00. The number of aliphatic hydroxyl groups is 1. The zero-order valence-corrected chi connectivity index (χ0v) is 7.86. The molecule has 0 bridgehead atoms. The van der Waals surface area contributed by atoms with Crippen LogP contribution in [0, 0.1) is 5.41 Å². The summed E-state index contributed by atoms with van der Waals surface area (Å²) in [6, 6.07) is 0. The standard InChI is InChI=1S/C7H14O.C2H6/c1-6(2)4-7(3,8)5-6;1-2/h8H,4-5H2,1-3H3;1-2H3. The maximum Gasteiger partial charge on any atom is 0.0630 e. The second kappa shape index (κ2) is 2.91. The summed E-state index contributed by atoms with van der Waals surface area (Å²) in [5.74, 6) is 0. The highest BCUT2D eigenvalue weighted by atomic mass is 16.3. The molecular weight excluding hydrogens is 124 g/mol. The van der Waals surface area contributed by atoms with E-state index in [0.717, 1.165) is 12.8 Å². The number of hydrogen-bond donors (Lipinski definition) is 1. The SMILES string of the molecule is CC.CC1(C)CC(C)(O)C1. The van der Waals surface area contributed by atoms with Gasteiger partial charge < -0.3 is 5.11 Å². The third kappa shape index (κ3) is 2.70. The Morgan fingerprint density at radius 3 is 1.30 bits per heavy atom. The molecule has 1 fully saturated rings. The van der Waals surface area contributed by atoms with Crippen molar-refractivity contribution in [3.05, 3.63) is 0 Å². The van der Waals surface area contributed by atoms with Crippen molar-refractivity contribution in [1.82, 2.24) is 0 Å². The van der Waals surface area contributed by atoms with Gasteiger partial charge in [0.15, 0.2) is 0 Å². The Kier molecular flexibility index (Phi) is 2.90. The van der Waals surface area contributed by atoms with Gasteiger partial charge in [-0.15, -0.1) is 0 Å². The maximum atomic E-state index is 9.25. The highest BCUT2D eigenvalue weighted by Gasteiger charge is 2.43. The van der Waals surface area contributed by atoms with Gasteiger partial charge in [-0.05, 0) is 25.2 Å². The van der Waals surface area contributed by atoms with Crippen LogP contribution in [0.1, 0.15) is 47.5 Å². The molecule has 1 nitrogen and oxygen atoms in total. The van der Waals surface area contributed by atoms with Crippen LogP contribution in [0.15, 0.2) is 0 Å². The smallest absolute Gasteiger partial charge is 0.0630 e. The van der Waals surface area contributed by atoms with Crippen LogP contribution in [0.2, 0.25) is 0 Å². The van der Waals surface area contributed by atoms with E-state index in [2.05, 4.69) is 13.8 Å². The summed E-state index contributed by atoms with van der Waals surface area (Å²) in [5, 5.41) is 9.25. The highest BCUT2D eigenvalue weighted by molar-refractivity contribution is 4.96. The number of hydrogen-bond acceptors (Lipinski definition) is 1. The van der Waals surface area contributed by atoms with Crippen LogP contribution in [-0.2, 0) is 0 Å². The lowest BCUT2D eigenvalue weighted by Crippen LogP contribution is -2.46. The van der Waals surface area contributed by atoms with Gasteiger partial charge in [0.05, 0.1) is 5.60 Å². The Morgan fingerprint density at radius 1 is 1.00 bits per heavy atom. The Labute approximate surface area is 64.5 Å². The monoisotopic (exact) mass is 144 g/mol. The lowest BCUT2D eigenvalue weighted by atomic mass is 9.62. The Balaban J connectivity index is 0.000000371. The van der Waals surface area contributed by atoms with Gasteiger partial charge in [-0.2, -0.15) is 0 Å². The summed E-state index contributed by atoms with van der Waals surface area (Å²) in [4.78, 5) is 0.